The Morgan fingerprint density at radius 3 is 0.777 bits per heavy atom. The van der Waals surface area contributed by atoms with Gasteiger partial charge in [0.25, 0.3) is 0 Å². The molecule has 27 rings (SSSR count). The molecule has 714 valence electrons. The number of benzene rings is 21. The van der Waals surface area contributed by atoms with E-state index in [4.69, 9.17) is 9.47 Å². The van der Waals surface area contributed by atoms with Crippen LogP contribution in [0.25, 0.3) is 100 Å². The van der Waals surface area contributed by atoms with Gasteiger partial charge in [0.2, 0.25) is 0 Å². The zero-order valence-corrected chi connectivity index (χ0v) is 86.4. The van der Waals surface area contributed by atoms with Crippen LogP contribution >= 0.6 is 23.5 Å². The predicted molar refractivity (Wildman–Crippen MR) is 621 cm³/mol. The molecule has 0 saturated heterocycles. The molecular weight excluding hydrogens is 1830 g/mol. The summed E-state index contributed by atoms with van der Waals surface area (Å²) in [4.78, 5) is 12.3. The number of anilines is 9. The van der Waals surface area contributed by atoms with Crippen molar-refractivity contribution < 1.29 is 9.47 Å². The van der Waals surface area contributed by atoms with Crippen LogP contribution in [0.3, 0.4) is 0 Å². The summed E-state index contributed by atoms with van der Waals surface area (Å²) in [5.74, 6) is 3.81. The Morgan fingerprint density at radius 1 is 0.162 bits per heavy atom. The molecule has 0 N–H and O–H groups in total. The second kappa shape index (κ2) is 37.1. The molecule has 0 bridgehead atoms. The van der Waals surface area contributed by atoms with Crippen LogP contribution in [-0.4, -0.2) is 0 Å². The Morgan fingerprint density at radius 2 is 0.412 bits per heavy atom. The number of para-hydroxylation sites is 2. The Balaban J connectivity index is 0.000000115. The monoisotopic (exact) mass is 1940 g/mol. The van der Waals surface area contributed by atoms with Crippen LogP contribution in [0.1, 0.15) is 125 Å². The highest BCUT2D eigenvalue weighted by molar-refractivity contribution is 8.00. The molecule has 3 aliphatic carbocycles. The number of nitrogens with zero attached hydrogens (tertiary/aromatic N) is 3. The lowest BCUT2D eigenvalue weighted by Gasteiger charge is -2.36. The van der Waals surface area contributed by atoms with Gasteiger partial charge in [0, 0.05) is 116 Å². The molecule has 3 aliphatic heterocycles. The fourth-order valence-electron chi connectivity index (χ4n) is 23.6. The maximum atomic E-state index is 6.81. The smallest absolute Gasteiger partial charge is 0.142 e. The molecule has 0 aromatic heterocycles. The lowest BCUT2D eigenvalue weighted by Crippen LogP contribution is -2.25. The zero-order chi connectivity index (χ0) is 100. The van der Waals surface area contributed by atoms with Crippen molar-refractivity contribution in [2.45, 2.75) is 116 Å². The van der Waals surface area contributed by atoms with Crippen molar-refractivity contribution in [3.63, 3.8) is 0 Å². The van der Waals surface area contributed by atoms with E-state index in [0.717, 1.165) is 79.1 Å². The maximum Gasteiger partial charge on any atom is 0.142 e. The van der Waals surface area contributed by atoms with Crippen molar-refractivity contribution in [2.75, 3.05) is 14.7 Å². The molecule has 21 aromatic rings. The molecule has 5 nitrogen and oxygen atoms in total. The average Bonchev–Trinajstić information content (AvgIpc) is 1.49. The van der Waals surface area contributed by atoms with E-state index in [9.17, 15) is 0 Å². The van der Waals surface area contributed by atoms with E-state index in [1.165, 1.54) is 170 Å². The van der Waals surface area contributed by atoms with Gasteiger partial charge in [-0.2, -0.15) is 0 Å². The Bertz CT molecular complexity index is 8060. The summed E-state index contributed by atoms with van der Waals surface area (Å²) in [6, 6.07) is 178. The van der Waals surface area contributed by atoms with Crippen LogP contribution in [0.5, 0.6) is 23.0 Å². The van der Waals surface area contributed by atoms with Crippen LogP contribution in [-0.2, 0) is 27.1 Å². The second-order valence-corrected chi connectivity index (χ2v) is 44.3. The predicted octanol–water partition coefficient (Wildman–Crippen LogP) is 39.9. The first-order valence-electron chi connectivity index (χ1n) is 51.5. The Hall–Kier alpha value is -16.7. The van der Waals surface area contributed by atoms with E-state index in [1.807, 2.05) is 29.6 Å². The van der Waals surface area contributed by atoms with E-state index in [0.29, 0.717) is 0 Å². The van der Waals surface area contributed by atoms with Crippen molar-refractivity contribution in [2.24, 2.45) is 0 Å². The third-order valence-corrected chi connectivity index (χ3v) is 34.0. The Labute approximate surface area is 878 Å². The molecule has 21 aromatic carbocycles. The van der Waals surface area contributed by atoms with Gasteiger partial charge in [-0.15, -0.1) is 0 Å². The summed E-state index contributed by atoms with van der Waals surface area (Å²) in [6.07, 6.45) is 0. The van der Waals surface area contributed by atoms with Gasteiger partial charge < -0.3 is 24.2 Å². The van der Waals surface area contributed by atoms with E-state index < -0.39 is 0 Å². The van der Waals surface area contributed by atoms with Crippen molar-refractivity contribution in [3.8, 4) is 123 Å². The lowest BCUT2D eigenvalue weighted by molar-refractivity contribution is 0.419. The van der Waals surface area contributed by atoms with Gasteiger partial charge in [0.1, 0.15) is 23.0 Å². The van der Waals surface area contributed by atoms with E-state index in [1.54, 1.807) is 0 Å². The van der Waals surface area contributed by atoms with Crippen LogP contribution < -0.4 is 24.2 Å². The molecule has 6 aliphatic rings. The number of hydrogen-bond acceptors (Lipinski definition) is 7. The minimum atomic E-state index is -0.208. The average molecular weight is 1940 g/mol. The minimum Gasteiger partial charge on any atom is -0.456 e. The van der Waals surface area contributed by atoms with Crippen LogP contribution in [0, 0.1) is 0 Å². The summed E-state index contributed by atoms with van der Waals surface area (Å²) in [7, 11) is 0. The molecule has 7 heteroatoms. The minimum absolute atomic E-state index is 0.0618. The zero-order valence-electron chi connectivity index (χ0n) is 84.7. The summed E-state index contributed by atoms with van der Waals surface area (Å²) >= 11 is 3.77. The van der Waals surface area contributed by atoms with Gasteiger partial charge in [-0.3, -0.25) is 0 Å². The third kappa shape index (κ3) is 16.2. The summed E-state index contributed by atoms with van der Waals surface area (Å²) in [6.45, 7) is 23.6. The molecule has 148 heavy (non-hydrogen) atoms. The van der Waals surface area contributed by atoms with E-state index in [-0.39, 0.29) is 27.1 Å². The first kappa shape index (κ1) is 92.4. The first-order valence-corrected chi connectivity index (χ1v) is 53.1. The normalized spacial score (nSPS) is 14.2. The highest BCUT2D eigenvalue weighted by Gasteiger charge is 2.47. The molecule has 0 amide bonds. The van der Waals surface area contributed by atoms with Crippen molar-refractivity contribution in [3.05, 3.63) is 547 Å². The van der Waals surface area contributed by atoms with Gasteiger partial charge in [-0.05, 0) is 267 Å². The van der Waals surface area contributed by atoms with Gasteiger partial charge in [-0.1, -0.05) is 445 Å². The SMILES string of the molecule is CC1(C)c2cc(N(c3ccc(-c4ccccc4)cc3)c3ccc(-c4ccccc4)cc3)ccc2-c2c1ccc1c2Sc2ccccc2O1.CC1(C)c2ccccc2Oc2c1ccc1c2-c2ccc(N(c3ccc(-c4ccccc4)cc3)c3ccc(-c4ccccc4)cc3)cc2C1(C)C.CC1(C)c2ccccc2Sc2c1ccc1c2-c2ccc(N(c3ccc(-c4ccccc4)cc3)c3ccc(-c4ccccc4)cc3)cc2C1(C)C. The number of rotatable bonds is 15. The van der Waals surface area contributed by atoms with Crippen LogP contribution in [0.2, 0.25) is 0 Å². The lowest BCUT2D eigenvalue weighted by atomic mass is 9.74. The maximum absolute atomic E-state index is 6.81. The molecule has 0 saturated carbocycles. The van der Waals surface area contributed by atoms with Crippen molar-refractivity contribution >= 4 is 74.7 Å². The third-order valence-electron chi connectivity index (χ3n) is 31.6. The van der Waals surface area contributed by atoms with E-state index in [2.05, 4.69) is 569 Å². The van der Waals surface area contributed by atoms with Crippen molar-refractivity contribution in [1.29, 1.82) is 0 Å². The highest BCUT2D eigenvalue weighted by Crippen LogP contribution is 2.64. The first-order chi connectivity index (χ1) is 72.1. The molecule has 0 atom stereocenters. The molecule has 0 unspecified atom stereocenters. The van der Waals surface area contributed by atoms with E-state index >= 15 is 0 Å². The molecule has 0 spiro atoms. The summed E-state index contributed by atoms with van der Waals surface area (Å²) < 4.78 is 13.2. The molecule has 0 radical (unpaired) electrons. The number of ether oxygens (including phenoxy) is 2. The highest BCUT2D eigenvalue weighted by atomic mass is 32.2. The second-order valence-electron chi connectivity index (χ2n) is 42.2. The molecule has 3 heterocycles. The number of fused-ring (bicyclic) bond motifs is 18. The van der Waals surface area contributed by atoms with Gasteiger partial charge in [-0.25, -0.2) is 0 Å². The van der Waals surface area contributed by atoms with Gasteiger partial charge >= 0.3 is 0 Å². The fraction of sp³-hybridized carbons (Fsp3) is 0.106. The molecular formula is C141H111N3O2S2. The quantitative estimate of drug-likeness (QED) is 0.101. The standard InChI is InChI=1S/C48H39NO.C48H39NS.C45H33NOS/c2*1-47(2)40-17-11-12-18-44(40)50-46-42(47)30-29-41-45(46)39-28-27-38(31-43(39)48(41,3)4)49(36-23-19-34(20-24-36)32-13-7-5-8-14-32)37-25-21-35(22-26-37)33-15-9-6-10-16-33;1-45(2)38-27-28-41-44(48-42-16-10-9-15-40(42)47-41)43(38)37-26-25-36(29-39(37)45)46(34-21-17-32(18-22-34)30-11-5-3-6-12-30)35-23-19-33(20-24-35)31-13-7-4-8-14-31/h2*5-31H,1-4H3;3-29H,1-2H3. The van der Waals surface area contributed by atoms with Crippen molar-refractivity contribution in [1.82, 2.24) is 0 Å². The largest absolute Gasteiger partial charge is 0.456 e. The fourth-order valence-corrected chi connectivity index (χ4v) is 26.2. The van der Waals surface area contributed by atoms with Gasteiger partial charge in [0.05, 0.1) is 9.79 Å². The number of hydrogen-bond donors (Lipinski definition) is 0. The topological polar surface area (TPSA) is 28.2 Å². The summed E-state index contributed by atoms with van der Waals surface area (Å²) in [5, 5.41) is 0. The molecule has 0 fully saturated rings. The summed E-state index contributed by atoms with van der Waals surface area (Å²) in [5.41, 5.74) is 45.2. The Kier molecular flexibility index (Phi) is 23.2. The van der Waals surface area contributed by atoms with Crippen LogP contribution in [0.4, 0.5) is 51.2 Å². The van der Waals surface area contributed by atoms with Crippen LogP contribution in [0.15, 0.2) is 511 Å². The van der Waals surface area contributed by atoms with Gasteiger partial charge in [0.15, 0.2) is 0 Å².